The second-order valence-corrected chi connectivity index (χ2v) is 13.8. The zero-order valence-electron chi connectivity index (χ0n) is 22.2. The summed E-state index contributed by atoms with van der Waals surface area (Å²) in [6.45, 7) is 10.2. The van der Waals surface area contributed by atoms with Gasteiger partial charge in [-0.3, -0.25) is 0 Å². The minimum atomic E-state index is -4.57. The third-order valence-electron chi connectivity index (χ3n) is 12.3. The van der Waals surface area contributed by atoms with Crippen LogP contribution in [0.25, 0.3) is 0 Å². The normalized spacial score (nSPS) is 47.6. The summed E-state index contributed by atoms with van der Waals surface area (Å²) in [5, 5.41) is 21.0. The van der Waals surface area contributed by atoms with Gasteiger partial charge in [0.1, 0.15) is 0 Å². The van der Waals surface area contributed by atoms with E-state index in [4.69, 9.17) is 0 Å². The first kappa shape index (κ1) is 26.8. The molecule has 0 heterocycles. The van der Waals surface area contributed by atoms with Gasteiger partial charge in [0.15, 0.2) is 5.60 Å². The number of hydrogen-bond acceptors (Lipinski definition) is 2. The number of alkyl halides is 3. The fraction of sp³-hybridized carbons (Fsp3) is 1.00. The summed E-state index contributed by atoms with van der Waals surface area (Å²) in [6.07, 6.45) is 8.01. The van der Waals surface area contributed by atoms with Crippen molar-refractivity contribution in [1.29, 1.82) is 0 Å². The molecule has 0 amide bonds. The Kier molecular flexibility index (Phi) is 7.02. The van der Waals surface area contributed by atoms with Crippen molar-refractivity contribution in [1.82, 2.24) is 0 Å². The predicted octanol–water partition coefficient (Wildman–Crippen LogP) is 7.91. The minimum Gasteiger partial charge on any atom is -0.390 e. The Morgan fingerprint density at radius 2 is 1.56 bits per heavy atom. The molecule has 198 valence electrons. The van der Waals surface area contributed by atoms with E-state index >= 15 is 0 Å². The molecule has 4 aliphatic carbocycles. The smallest absolute Gasteiger partial charge is 0.390 e. The molecule has 0 aromatic carbocycles. The van der Waals surface area contributed by atoms with E-state index in [0.717, 1.165) is 63.2 Å². The van der Waals surface area contributed by atoms with E-state index in [-0.39, 0.29) is 17.8 Å². The van der Waals surface area contributed by atoms with Gasteiger partial charge < -0.3 is 10.2 Å². The Bertz CT molecular complexity index is 735. The van der Waals surface area contributed by atoms with Crippen molar-refractivity contribution in [3.63, 3.8) is 0 Å². The first-order chi connectivity index (χ1) is 15.7. The fourth-order valence-electron chi connectivity index (χ4n) is 9.65. The van der Waals surface area contributed by atoms with Crippen molar-refractivity contribution in [3.8, 4) is 0 Å². The number of hydrogen-bond donors (Lipinski definition) is 2. The van der Waals surface area contributed by atoms with E-state index in [2.05, 4.69) is 27.7 Å². The van der Waals surface area contributed by atoms with Gasteiger partial charge in [0.2, 0.25) is 0 Å². The van der Waals surface area contributed by atoms with Crippen LogP contribution in [-0.2, 0) is 0 Å². The lowest BCUT2D eigenvalue weighted by Gasteiger charge is -2.59. The Morgan fingerprint density at radius 3 is 2.21 bits per heavy atom. The summed E-state index contributed by atoms with van der Waals surface area (Å²) in [5.74, 6) is 3.50. The molecule has 0 aliphatic heterocycles. The maximum atomic E-state index is 13.2. The van der Waals surface area contributed by atoms with Crippen LogP contribution in [0, 0.1) is 46.3 Å². The van der Waals surface area contributed by atoms with Crippen LogP contribution in [-0.4, -0.2) is 27.6 Å². The molecular formula is C29H49F3O2. The molecule has 4 fully saturated rings. The second kappa shape index (κ2) is 8.92. The monoisotopic (exact) mass is 486 g/mol. The van der Waals surface area contributed by atoms with Crippen molar-refractivity contribution in [2.75, 3.05) is 0 Å². The van der Waals surface area contributed by atoms with Crippen molar-refractivity contribution in [2.24, 2.45) is 46.3 Å². The van der Waals surface area contributed by atoms with Gasteiger partial charge in [-0.2, -0.15) is 13.2 Å². The Labute approximate surface area is 205 Å². The van der Waals surface area contributed by atoms with Crippen molar-refractivity contribution < 1.29 is 23.4 Å². The van der Waals surface area contributed by atoms with Gasteiger partial charge in [0.05, 0.1) is 5.60 Å². The lowest BCUT2D eigenvalue weighted by atomic mass is 9.46. The average Bonchev–Trinajstić information content (AvgIpc) is 3.05. The quantitative estimate of drug-likeness (QED) is 0.414. The Hall–Kier alpha value is -0.290. The highest BCUT2D eigenvalue weighted by Gasteiger charge is 2.60. The van der Waals surface area contributed by atoms with E-state index in [0.29, 0.717) is 23.7 Å². The molecule has 10 atom stereocenters. The number of rotatable bonds is 5. The van der Waals surface area contributed by atoms with E-state index in [1.54, 1.807) is 0 Å². The predicted molar refractivity (Wildman–Crippen MR) is 130 cm³/mol. The average molecular weight is 487 g/mol. The summed E-state index contributed by atoms with van der Waals surface area (Å²) in [6, 6.07) is 0. The molecule has 2 nitrogen and oxygen atoms in total. The summed E-state index contributed by atoms with van der Waals surface area (Å²) >= 11 is 0. The van der Waals surface area contributed by atoms with Crippen LogP contribution in [0.5, 0.6) is 0 Å². The fourth-order valence-corrected chi connectivity index (χ4v) is 9.65. The Morgan fingerprint density at radius 1 is 0.882 bits per heavy atom. The SMILES string of the molecule is CC[C@]1(O)CC[C@@H]2CC[C@@H]3[C@H](CC[C@]4(C)[C@@H]([C@H](C)CC[C@](C)(O)C(F)(F)F)CC[C@@H]34)[C@@]2(C)CC1. The lowest BCUT2D eigenvalue weighted by Crippen LogP contribution is -2.52. The topological polar surface area (TPSA) is 40.5 Å². The molecule has 0 saturated heterocycles. The Balaban J connectivity index is 1.47. The number of aliphatic hydroxyl groups is 2. The first-order valence-corrected chi connectivity index (χ1v) is 14.2. The van der Waals surface area contributed by atoms with Gasteiger partial charge in [-0.05, 0) is 137 Å². The van der Waals surface area contributed by atoms with E-state index in [9.17, 15) is 23.4 Å². The highest BCUT2D eigenvalue weighted by atomic mass is 19.4. The molecule has 2 N–H and O–H groups in total. The molecule has 0 spiro atoms. The minimum absolute atomic E-state index is 0.199. The maximum absolute atomic E-state index is 13.2. The van der Waals surface area contributed by atoms with Crippen LogP contribution in [0.1, 0.15) is 118 Å². The molecule has 4 rings (SSSR count). The summed E-state index contributed by atoms with van der Waals surface area (Å²) in [7, 11) is 0. The van der Waals surface area contributed by atoms with Crippen LogP contribution in [0.15, 0.2) is 0 Å². The third-order valence-corrected chi connectivity index (χ3v) is 12.3. The van der Waals surface area contributed by atoms with Gasteiger partial charge >= 0.3 is 6.18 Å². The molecule has 0 radical (unpaired) electrons. The van der Waals surface area contributed by atoms with Gasteiger partial charge in [0, 0.05) is 0 Å². The van der Waals surface area contributed by atoms with Crippen molar-refractivity contribution >= 4 is 0 Å². The van der Waals surface area contributed by atoms with Gasteiger partial charge in [0.25, 0.3) is 0 Å². The van der Waals surface area contributed by atoms with Gasteiger partial charge in [-0.25, -0.2) is 0 Å². The molecule has 0 aromatic rings. The van der Waals surface area contributed by atoms with Gasteiger partial charge in [-0.1, -0.05) is 27.7 Å². The van der Waals surface area contributed by atoms with Gasteiger partial charge in [-0.15, -0.1) is 0 Å². The van der Waals surface area contributed by atoms with Crippen LogP contribution >= 0.6 is 0 Å². The molecule has 4 aliphatic rings. The molecular weight excluding hydrogens is 437 g/mol. The summed E-state index contributed by atoms with van der Waals surface area (Å²) in [4.78, 5) is 0. The standard InChI is InChI=1S/C29H49F3O2/c1-6-28(34)16-12-20-7-8-21-23-10-9-22(19(2)11-15-27(5,33)29(30,31)32)26(23,4)14-13-24(21)25(20,3)17-18-28/h19-24,33-34H,6-18H2,1-5H3/t19-,20+,21+,22-,23+,24+,25+,26-,27+,28+/m1/s1. The van der Waals surface area contributed by atoms with Crippen LogP contribution in [0.2, 0.25) is 0 Å². The molecule has 5 heteroatoms. The maximum Gasteiger partial charge on any atom is 0.416 e. The molecule has 34 heavy (non-hydrogen) atoms. The van der Waals surface area contributed by atoms with Crippen molar-refractivity contribution in [2.45, 2.75) is 135 Å². The number of halogens is 3. The van der Waals surface area contributed by atoms with Crippen LogP contribution in [0.4, 0.5) is 13.2 Å². The summed E-state index contributed by atoms with van der Waals surface area (Å²) in [5.41, 5.74) is -2.54. The number of fused-ring (bicyclic) bond motifs is 5. The van der Waals surface area contributed by atoms with E-state index in [1.165, 1.54) is 32.1 Å². The highest BCUT2D eigenvalue weighted by Crippen LogP contribution is 2.68. The lowest BCUT2D eigenvalue weighted by molar-refractivity contribution is -0.256. The van der Waals surface area contributed by atoms with E-state index in [1.807, 2.05) is 0 Å². The van der Waals surface area contributed by atoms with E-state index < -0.39 is 17.4 Å². The van der Waals surface area contributed by atoms with Crippen LogP contribution < -0.4 is 0 Å². The van der Waals surface area contributed by atoms with Crippen LogP contribution in [0.3, 0.4) is 0 Å². The summed E-state index contributed by atoms with van der Waals surface area (Å²) < 4.78 is 39.6. The molecule has 0 unspecified atom stereocenters. The zero-order chi connectivity index (χ0) is 25.2. The molecule has 4 saturated carbocycles. The molecule has 0 bridgehead atoms. The highest BCUT2D eigenvalue weighted by molar-refractivity contribution is 5.10. The van der Waals surface area contributed by atoms with Crippen molar-refractivity contribution in [3.05, 3.63) is 0 Å². The zero-order valence-corrected chi connectivity index (χ0v) is 22.2. The molecule has 0 aromatic heterocycles. The first-order valence-electron chi connectivity index (χ1n) is 14.2. The second-order valence-electron chi connectivity index (χ2n) is 13.8. The third kappa shape index (κ3) is 4.37. The largest absolute Gasteiger partial charge is 0.416 e.